The van der Waals surface area contributed by atoms with Crippen LogP contribution in [0.5, 0.6) is 0 Å². The first-order valence-electron chi connectivity index (χ1n) is 9.84. The van der Waals surface area contributed by atoms with E-state index in [2.05, 4.69) is 22.0 Å². The minimum Gasteiger partial charge on any atom is -0.349 e. The summed E-state index contributed by atoms with van der Waals surface area (Å²) in [6.07, 6.45) is 1.53. The Morgan fingerprint density at radius 3 is 2.46 bits per heavy atom. The van der Waals surface area contributed by atoms with E-state index in [0.29, 0.717) is 18.7 Å². The van der Waals surface area contributed by atoms with E-state index in [0.717, 1.165) is 37.2 Å². The zero-order valence-corrected chi connectivity index (χ0v) is 16.1. The van der Waals surface area contributed by atoms with Crippen LogP contribution in [0.15, 0.2) is 42.5 Å². The maximum Gasteiger partial charge on any atom is 0.321 e. The summed E-state index contributed by atoms with van der Waals surface area (Å²) in [5, 5.41) is 9.40. The third kappa shape index (κ3) is 4.17. The number of fused-ring (bicyclic) bond motifs is 1. The first kappa shape index (κ1) is 18.5. The molecule has 0 radical (unpaired) electrons. The number of rotatable bonds is 3. The van der Waals surface area contributed by atoms with Crippen LogP contribution in [-0.2, 0) is 13.1 Å². The lowest BCUT2D eigenvalue weighted by Crippen LogP contribution is -2.47. The first-order valence-corrected chi connectivity index (χ1v) is 9.84. The van der Waals surface area contributed by atoms with Crippen LogP contribution >= 0.6 is 0 Å². The summed E-state index contributed by atoms with van der Waals surface area (Å²) >= 11 is 0. The molecule has 0 aliphatic carbocycles. The second-order valence-corrected chi connectivity index (χ2v) is 7.62. The largest absolute Gasteiger partial charge is 0.349 e. The number of amides is 3. The normalized spacial score (nSPS) is 16.5. The molecule has 2 aliphatic heterocycles. The van der Waals surface area contributed by atoms with Crippen LogP contribution in [0.1, 0.15) is 39.9 Å². The van der Waals surface area contributed by atoms with Gasteiger partial charge in [0, 0.05) is 43.5 Å². The zero-order chi connectivity index (χ0) is 19.5. The van der Waals surface area contributed by atoms with Crippen LogP contribution in [-0.4, -0.2) is 36.0 Å². The van der Waals surface area contributed by atoms with Crippen LogP contribution in [0.3, 0.4) is 0 Å². The number of likely N-dealkylation sites (tertiary alicyclic amines) is 1. The third-order valence-electron chi connectivity index (χ3n) is 5.52. The second-order valence-electron chi connectivity index (χ2n) is 7.62. The monoisotopic (exact) mass is 378 g/mol. The lowest BCUT2D eigenvalue weighted by molar-refractivity contribution is 0.0919. The van der Waals surface area contributed by atoms with E-state index in [1.807, 2.05) is 48.2 Å². The van der Waals surface area contributed by atoms with Crippen molar-refractivity contribution in [1.29, 1.82) is 0 Å². The van der Waals surface area contributed by atoms with Crippen molar-refractivity contribution >= 4 is 17.6 Å². The Bertz CT molecular complexity index is 871. The van der Waals surface area contributed by atoms with Gasteiger partial charge in [0.15, 0.2) is 0 Å². The predicted molar refractivity (Wildman–Crippen MR) is 109 cm³/mol. The maximum atomic E-state index is 12.6. The van der Waals surface area contributed by atoms with Gasteiger partial charge in [0.2, 0.25) is 0 Å². The number of piperidine rings is 1. The number of carbonyl (C=O) groups excluding carboxylic acids is 2. The summed E-state index contributed by atoms with van der Waals surface area (Å²) < 4.78 is 0. The number of hydrogen-bond acceptors (Lipinski definition) is 3. The third-order valence-corrected chi connectivity index (χ3v) is 5.52. The molecule has 0 unspecified atom stereocenters. The lowest BCUT2D eigenvalue weighted by atomic mass is 10.0. The van der Waals surface area contributed by atoms with Gasteiger partial charge in [-0.05, 0) is 55.2 Å². The highest BCUT2D eigenvalue weighted by atomic mass is 16.2. The van der Waals surface area contributed by atoms with Gasteiger partial charge in [-0.25, -0.2) is 4.79 Å². The van der Waals surface area contributed by atoms with E-state index in [-0.39, 0.29) is 18.0 Å². The molecular formula is C22H26N4O2. The Morgan fingerprint density at radius 1 is 1.00 bits per heavy atom. The van der Waals surface area contributed by atoms with E-state index in [4.69, 9.17) is 0 Å². The van der Waals surface area contributed by atoms with Gasteiger partial charge in [-0.2, -0.15) is 0 Å². The molecule has 3 N–H and O–H groups in total. The van der Waals surface area contributed by atoms with Gasteiger partial charge in [0.1, 0.15) is 0 Å². The van der Waals surface area contributed by atoms with Gasteiger partial charge in [-0.1, -0.05) is 23.8 Å². The van der Waals surface area contributed by atoms with Crippen molar-refractivity contribution in [3.63, 3.8) is 0 Å². The molecule has 6 heteroatoms. The molecule has 2 heterocycles. The molecular weight excluding hydrogens is 352 g/mol. The Morgan fingerprint density at radius 2 is 1.71 bits per heavy atom. The topological polar surface area (TPSA) is 73.5 Å². The van der Waals surface area contributed by atoms with Gasteiger partial charge in [-0.15, -0.1) is 0 Å². The van der Waals surface area contributed by atoms with Crippen molar-refractivity contribution in [1.82, 2.24) is 15.5 Å². The molecule has 4 rings (SSSR count). The highest BCUT2D eigenvalue weighted by Crippen LogP contribution is 2.21. The van der Waals surface area contributed by atoms with E-state index < -0.39 is 0 Å². The number of nitrogens with zero attached hydrogens (tertiary/aromatic N) is 1. The smallest absolute Gasteiger partial charge is 0.321 e. The first-order chi connectivity index (χ1) is 13.6. The molecule has 0 aromatic heterocycles. The summed E-state index contributed by atoms with van der Waals surface area (Å²) in [7, 11) is 0. The number of nitrogens with one attached hydrogen (secondary N) is 3. The van der Waals surface area contributed by atoms with Gasteiger partial charge >= 0.3 is 6.03 Å². The minimum atomic E-state index is -0.0748. The molecule has 1 fully saturated rings. The van der Waals surface area contributed by atoms with Crippen molar-refractivity contribution in [2.75, 3.05) is 18.4 Å². The fourth-order valence-corrected chi connectivity index (χ4v) is 3.78. The summed E-state index contributed by atoms with van der Waals surface area (Å²) in [6, 6.07) is 13.7. The van der Waals surface area contributed by atoms with E-state index >= 15 is 0 Å². The van der Waals surface area contributed by atoms with E-state index in [1.54, 1.807) is 0 Å². The fourth-order valence-electron chi connectivity index (χ4n) is 3.78. The molecule has 2 aliphatic rings. The number of carbonyl (C=O) groups is 2. The van der Waals surface area contributed by atoms with Gasteiger partial charge < -0.3 is 20.9 Å². The molecule has 3 amide bonds. The van der Waals surface area contributed by atoms with Crippen LogP contribution in [0.2, 0.25) is 0 Å². The lowest BCUT2D eigenvalue weighted by Gasteiger charge is -2.32. The van der Waals surface area contributed by atoms with Gasteiger partial charge in [0.05, 0.1) is 0 Å². The Kier molecular flexibility index (Phi) is 5.30. The number of aryl methyl sites for hydroxylation is 1. The molecule has 28 heavy (non-hydrogen) atoms. The van der Waals surface area contributed by atoms with Crippen molar-refractivity contribution in [3.05, 3.63) is 64.7 Å². The number of hydrogen-bond donors (Lipinski definition) is 3. The fraction of sp³-hybridized carbons (Fsp3) is 0.364. The van der Waals surface area contributed by atoms with Crippen molar-refractivity contribution in [2.24, 2.45) is 0 Å². The molecule has 1 saturated heterocycles. The summed E-state index contributed by atoms with van der Waals surface area (Å²) in [5.41, 5.74) is 5.19. The Hall–Kier alpha value is -2.86. The van der Waals surface area contributed by atoms with Crippen LogP contribution in [0.4, 0.5) is 10.5 Å². The van der Waals surface area contributed by atoms with E-state index in [9.17, 15) is 9.59 Å². The highest BCUT2D eigenvalue weighted by Gasteiger charge is 2.24. The van der Waals surface area contributed by atoms with Gasteiger partial charge in [-0.3, -0.25) is 4.79 Å². The van der Waals surface area contributed by atoms with Crippen LogP contribution in [0.25, 0.3) is 0 Å². The molecule has 2 aromatic carbocycles. The summed E-state index contributed by atoms with van der Waals surface area (Å²) in [5.74, 6) is -0.0466. The minimum absolute atomic E-state index is 0.0466. The average molecular weight is 378 g/mol. The number of benzene rings is 2. The van der Waals surface area contributed by atoms with E-state index in [1.165, 1.54) is 11.1 Å². The Balaban J connectivity index is 1.27. The van der Waals surface area contributed by atoms with Gasteiger partial charge in [0.25, 0.3) is 5.91 Å². The van der Waals surface area contributed by atoms with Crippen molar-refractivity contribution < 1.29 is 9.59 Å². The SMILES string of the molecule is Cc1ccc(C(=O)NC2CCN(C(=O)Nc3ccc4c(c3)CNC4)CC2)cc1. The molecule has 0 spiro atoms. The zero-order valence-electron chi connectivity index (χ0n) is 16.1. The van der Waals surface area contributed by atoms with Crippen LogP contribution < -0.4 is 16.0 Å². The average Bonchev–Trinajstić information content (AvgIpc) is 3.17. The summed E-state index contributed by atoms with van der Waals surface area (Å²) in [6.45, 7) is 5.02. The number of anilines is 1. The molecule has 2 aromatic rings. The molecule has 0 bridgehead atoms. The standard InChI is InChI=1S/C22H26N4O2/c1-15-2-4-16(5-3-15)21(27)24-19-8-10-26(11-9-19)22(28)25-20-7-6-17-13-23-14-18(17)12-20/h2-7,12,19,23H,8-11,13-14H2,1H3,(H,24,27)(H,25,28). The highest BCUT2D eigenvalue weighted by molar-refractivity contribution is 5.94. The van der Waals surface area contributed by atoms with Crippen molar-refractivity contribution in [2.45, 2.75) is 38.9 Å². The number of urea groups is 1. The quantitative estimate of drug-likeness (QED) is 0.769. The predicted octanol–water partition coefficient (Wildman–Crippen LogP) is 3.02. The molecule has 0 saturated carbocycles. The van der Waals surface area contributed by atoms with Crippen LogP contribution in [0, 0.1) is 6.92 Å². The molecule has 0 atom stereocenters. The maximum absolute atomic E-state index is 12.6. The Labute approximate surface area is 165 Å². The van der Waals surface area contributed by atoms with Crippen molar-refractivity contribution in [3.8, 4) is 0 Å². The summed E-state index contributed by atoms with van der Waals surface area (Å²) in [4.78, 5) is 26.7. The molecule has 146 valence electrons. The molecule has 6 nitrogen and oxygen atoms in total. The second kappa shape index (κ2) is 8.02.